The van der Waals surface area contributed by atoms with Crippen LogP contribution in [0.3, 0.4) is 0 Å². The second kappa shape index (κ2) is 6.11. The standard InChI is InChI=1S/C12H16N2O2/c1-9(15)7-14-8-10-3-4-11(6-13)12(5-10)16-2/h3-5,9,14-15H,7-8H2,1-2H3. The highest BCUT2D eigenvalue weighted by atomic mass is 16.5. The molecule has 0 radical (unpaired) electrons. The van der Waals surface area contributed by atoms with Crippen LogP contribution in [0, 0.1) is 11.3 Å². The van der Waals surface area contributed by atoms with Gasteiger partial charge in [0.05, 0.1) is 18.8 Å². The van der Waals surface area contributed by atoms with E-state index in [0.717, 1.165) is 5.56 Å². The summed E-state index contributed by atoms with van der Waals surface area (Å²) in [6.07, 6.45) is -0.361. The van der Waals surface area contributed by atoms with Gasteiger partial charge >= 0.3 is 0 Å². The summed E-state index contributed by atoms with van der Waals surface area (Å²) in [5.41, 5.74) is 1.55. The van der Waals surface area contributed by atoms with E-state index in [2.05, 4.69) is 11.4 Å². The van der Waals surface area contributed by atoms with Crippen LogP contribution >= 0.6 is 0 Å². The highest BCUT2D eigenvalue weighted by Gasteiger charge is 2.03. The van der Waals surface area contributed by atoms with E-state index in [0.29, 0.717) is 24.4 Å². The number of ether oxygens (including phenoxy) is 1. The van der Waals surface area contributed by atoms with E-state index >= 15 is 0 Å². The van der Waals surface area contributed by atoms with E-state index in [1.807, 2.05) is 12.1 Å². The molecule has 0 aliphatic rings. The van der Waals surface area contributed by atoms with Gasteiger partial charge in [-0.3, -0.25) is 0 Å². The number of benzene rings is 1. The Morgan fingerprint density at radius 3 is 2.88 bits per heavy atom. The number of hydrogen-bond acceptors (Lipinski definition) is 4. The van der Waals surface area contributed by atoms with Gasteiger partial charge in [-0.1, -0.05) is 6.07 Å². The zero-order chi connectivity index (χ0) is 12.0. The average Bonchev–Trinajstić information content (AvgIpc) is 2.28. The van der Waals surface area contributed by atoms with Crippen LogP contribution in [0.2, 0.25) is 0 Å². The molecule has 0 fully saturated rings. The van der Waals surface area contributed by atoms with Gasteiger partial charge in [0.25, 0.3) is 0 Å². The third-order valence-corrected chi connectivity index (χ3v) is 2.16. The molecule has 1 atom stereocenters. The Labute approximate surface area is 95.5 Å². The van der Waals surface area contributed by atoms with Crippen LogP contribution in [0.5, 0.6) is 5.75 Å². The average molecular weight is 220 g/mol. The topological polar surface area (TPSA) is 65.3 Å². The minimum Gasteiger partial charge on any atom is -0.495 e. The molecule has 0 bridgehead atoms. The van der Waals surface area contributed by atoms with Crippen LogP contribution in [0.15, 0.2) is 18.2 Å². The molecule has 2 N–H and O–H groups in total. The molecule has 1 aromatic rings. The van der Waals surface area contributed by atoms with Crippen molar-refractivity contribution in [1.82, 2.24) is 5.32 Å². The first-order valence-electron chi connectivity index (χ1n) is 5.13. The van der Waals surface area contributed by atoms with Crippen molar-refractivity contribution in [2.24, 2.45) is 0 Å². The molecular weight excluding hydrogens is 204 g/mol. The molecule has 0 aliphatic carbocycles. The number of methoxy groups -OCH3 is 1. The maximum absolute atomic E-state index is 9.08. The Hall–Kier alpha value is -1.57. The van der Waals surface area contributed by atoms with E-state index in [4.69, 9.17) is 15.1 Å². The van der Waals surface area contributed by atoms with Crippen LogP contribution in [-0.2, 0) is 6.54 Å². The third kappa shape index (κ3) is 3.54. The summed E-state index contributed by atoms with van der Waals surface area (Å²) in [4.78, 5) is 0. The van der Waals surface area contributed by atoms with Gasteiger partial charge in [0, 0.05) is 13.1 Å². The van der Waals surface area contributed by atoms with Crippen molar-refractivity contribution < 1.29 is 9.84 Å². The monoisotopic (exact) mass is 220 g/mol. The Morgan fingerprint density at radius 1 is 1.56 bits per heavy atom. The van der Waals surface area contributed by atoms with Gasteiger partial charge in [-0.25, -0.2) is 0 Å². The molecule has 0 spiro atoms. The van der Waals surface area contributed by atoms with Gasteiger partial charge in [-0.2, -0.15) is 5.26 Å². The molecule has 4 heteroatoms. The van der Waals surface area contributed by atoms with Gasteiger partial charge in [-0.15, -0.1) is 0 Å². The summed E-state index contributed by atoms with van der Waals surface area (Å²) in [7, 11) is 1.54. The molecule has 86 valence electrons. The molecule has 0 amide bonds. The van der Waals surface area contributed by atoms with Crippen molar-refractivity contribution in [3.8, 4) is 11.8 Å². The third-order valence-electron chi connectivity index (χ3n) is 2.16. The minimum absolute atomic E-state index is 0.361. The molecule has 16 heavy (non-hydrogen) atoms. The predicted octanol–water partition coefficient (Wildman–Crippen LogP) is 1.04. The Morgan fingerprint density at radius 2 is 2.31 bits per heavy atom. The van der Waals surface area contributed by atoms with Crippen LogP contribution in [0.25, 0.3) is 0 Å². The molecule has 0 aromatic heterocycles. The van der Waals surface area contributed by atoms with Gasteiger partial charge in [0.15, 0.2) is 0 Å². The summed E-state index contributed by atoms with van der Waals surface area (Å²) < 4.78 is 5.10. The van der Waals surface area contributed by atoms with E-state index < -0.39 is 0 Å². The summed E-state index contributed by atoms with van der Waals surface area (Å²) in [5.74, 6) is 0.582. The molecule has 1 rings (SSSR count). The Bertz CT molecular complexity index is 383. The first-order valence-corrected chi connectivity index (χ1v) is 5.13. The van der Waals surface area contributed by atoms with Gasteiger partial charge in [0.2, 0.25) is 0 Å². The van der Waals surface area contributed by atoms with Crippen molar-refractivity contribution in [2.75, 3.05) is 13.7 Å². The number of aliphatic hydroxyl groups excluding tert-OH is 1. The maximum atomic E-state index is 9.08. The van der Waals surface area contributed by atoms with Crippen molar-refractivity contribution in [3.05, 3.63) is 29.3 Å². The number of nitrogens with one attached hydrogen (secondary N) is 1. The molecule has 1 aromatic carbocycles. The summed E-state index contributed by atoms with van der Waals surface area (Å²) in [6.45, 7) is 2.92. The summed E-state index contributed by atoms with van der Waals surface area (Å²) in [5, 5.41) is 21.0. The fourth-order valence-corrected chi connectivity index (χ4v) is 1.36. The normalized spacial score (nSPS) is 11.9. The van der Waals surface area contributed by atoms with Crippen molar-refractivity contribution in [3.63, 3.8) is 0 Å². The number of nitrogens with zero attached hydrogens (tertiary/aromatic N) is 1. The quantitative estimate of drug-likeness (QED) is 0.778. The lowest BCUT2D eigenvalue weighted by molar-refractivity contribution is 0.191. The molecule has 0 saturated heterocycles. The number of aliphatic hydroxyl groups is 1. The van der Waals surface area contributed by atoms with Crippen LogP contribution < -0.4 is 10.1 Å². The van der Waals surface area contributed by atoms with Crippen LogP contribution in [0.1, 0.15) is 18.1 Å². The zero-order valence-corrected chi connectivity index (χ0v) is 9.53. The highest BCUT2D eigenvalue weighted by Crippen LogP contribution is 2.18. The van der Waals surface area contributed by atoms with Gasteiger partial charge < -0.3 is 15.2 Å². The first kappa shape index (κ1) is 12.5. The van der Waals surface area contributed by atoms with E-state index in [9.17, 15) is 0 Å². The van der Waals surface area contributed by atoms with Gasteiger partial charge in [-0.05, 0) is 24.6 Å². The Kier molecular flexibility index (Phi) is 4.77. The molecule has 1 unspecified atom stereocenters. The number of rotatable bonds is 5. The molecule has 4 nitrogen and oxygen atoms in total. The first-order chi connectivity index (χ1) is 7.67. The lowest BCUT2D eigenvalue weighted by Crippen LogP contribution is -2.23. The van der Waals surface area contributed by atoms with Crippen molar-refractivity contribution in [1.29, 1.82) is 5.26 Å². The lowest BCUT2D eigenvalue weighted by Gasteiger charge is -2.09. The van der Waals surface area contributed by atoms with Crippen LogP contribution in [0.4, 0.5) is 0 Å². The fourth-order valence-electron chi connectivity index (χ4n) is 1.36. The molecule has 0 aliphatic heterocycles. The summed E-state index contributed by atoms with van der Waals surface area (Å²) >= 11 is 0. The van der Waals surface area contributed by atoms with E-state index in [1.54, 1.807) is 20.1 Å². The van der Waals surface area contributed by atoms with Gasteiger partial charge in [0.1, 0.15) is 11.8 Å². The Balaban J connectivity index is 2.65. The molecule has 0 heterocycles. The minimum atomic E-state index is -0.361. The lowest BCUT2D eigenvalue weighted by atomic mass is 10.1. The smallest absolute Gasteiger partial charge is 0.136 e. The second-order valence-corrected chi connectivity index (χ2v) is 3.63. The van der Waals surface area contributed by atoms with Crippen molar-refractivity contribution in [2.45, 2.75) is 19.6 Å². The number of nitriles is 1. The predicted molar refractivity (Wildman–Crippen MR) is 61.1 cm³/mol. The molecule has 0 saturated carbocycles. The fraction of sp³-hybridized carbons (Fsp3) is 0.417. The van der Waals surface area contributed by atoms with E-state index in [1.165, 1.54) is 0 Å². The SMILES string of the molecule is COc1cc(CNCC(C)O)ccc1C#N. The second-order valence-electron chi connectivity index (χ2n) is 3.63. The number of hydrogen-bond donors (Lipinski definition) is 2. The summed E-state index contributed by atoms with van der Waals surface area (Å²) in [6, 6.07) is 7.50. The maximum Gasteiger partial charge on any atom is 0.136 e. The highest BCUT2D eigenvalue weighted by molar-refractivity contribution is 5.45. The largest absolute Gasteiger partial charge is 0.495 e. The zero-order valence-electron chi connectivity index (χ0n) is 9.53. The van der Waals surface area contributed by atoms with Crippen LogP contribution in [-0.4, -0.2) is 24.9 Å². The van der Waals surface area contributed by atoms with E-state index in [-0.39, 0.29) is 6.10 Å². The van der Waals surface area contributed by atoms with Crippen molar-refractivity contribution >= 4 is 0 Å². The molecular formula is C12H16N2O2.